The van der Waals surface area contributed by atoms with Gasteiger partial charge in [-0.25, -0.2) is 0 Å². The van der Waals surface area contributed by atoms with Crippen molar-refractivity contribution in [2.24, 2.45) is 11.3 Å². The second-order valence-electron chi connectivity index (χ2n) is 4.26. The van der Waals surface area contributed by atoms with Gasteiger partial charge in [-0.2, -0.15) is 0 Å². The van der Waals surface area contributed by atoms with Gasteiger partial charge in [-0.1, -0.05) is 0 Å². The lowest BCUT2D eigenvalue weighted by Crippen LogP contribution is -2.60. The average Bonchev–Trinajstić information content (AvgIpc) is 2.02. The van der Waals surface area contributed by atoms with Crippen LogP contribution in [0.2, 0.25) is 0 Å². The molecule has 2 aliphatic heterocycles. The predicted molar refractivity (Wildman–Crippen MR) is 45.0 cm³/mol. The van der Waals surface area contributed by atoms with Gasteiger partial charge in [0, 0.05) is 20.0 Å². The normalized spacial score (nSPS) is 36.7. The van der Waals surface area contributed by atoms with Crippen molar-refractivity contribution in [3.8, 4) is 0 Å². The zero-order valence-corrected chi connectivity index (χ0v) is 7.62. The minimum Gasteiger partial charge on any atom is -0.481 e. The fourth-order valence-corrected chi connectivity index (χ4v) is 2.53. The minimum atomic E-state index is -0.741. The number of carbonyl (C=O) groups is 2. The highest BCUT2D eigenvalue weighted by molar-refractivity contribution is 5.79. The van der Waals surface area contributed by atoms with Crippen molar-refractivity contribution in [3.05, 3.63) is 0 Å². The number of hydrogen-bond acceptors (Lipinski definition) is 2. The number of carboxylic acid groups (broad SMARTS) is 1. The van der Waals surface area contributed by atoms with Gasteiger partial charge in [-0.15, -0.1) is 0 Å². The Kier molecular flexibility index (Phi) is 1.62. The van der Waals surface area contributed by atoms with E-state index in [-0.39, 0.29) is 5.91 Å². The SMILES string of the molecule is CC(=O)N1CC2CC(C(=O)O)(C2)C1. The van der Waals surface area contributed by atoms with Crippen molar-refractivity contribution in [1.29, 1.82) is 0 Å². The fraction of sp³-hybridized carbons (Fsp3) is 0.778. The Bertz CT molecular complexity index is 265. The molecule has 0 spiro atoms. The Morgan fingerprint density at radius 2 is 2.08 bits per heavy atom. The molecule has 4 nitrogen and oxygen atoms in total. The monoisotopic (exact) mass is 183 g/mol. The van der Waals surface area contributed by atoms with Gasteiger partial charge in [-0.05, 0) is 18.8 Å². The lowest BCUT2D eigenvalue weighted by molar-refractivity contribution is -0.171. The summed E-state index contributed by atoms with van der Waals surface area (Å²) in [4.78, 5) is 23.7. The fourth-order valence-electron chi connectivity index (χ4n) is 2.53. The van der Waals surface area contributed by atoms with Crippen LogP contribution in [0.4, 0.5) is 0 Å². The van der Waals surface area contributed by atoms with E-state index in [9.17, 15) is 9.59 Å². The molecule has 0 aromatic heterocycles. The molecule has 0 radical (unpaired) electrons. The Balaban J connectivity index is 2.12. The van der Waals surface area contributed by atoms with Crippen LogP contribution in [-0.2, 0) is 9.59 Å². The smallest absolute Gasteiger partial charge is 0.311 e. The van der Waals surface area contributed by atoms with Gasteiger partial charge in [0.15, 0.2) is 0 Å². The molecule has 2 bridgehead atoms. The molecule has 0 aromatic rings. The Labute approximate surface area is 76.5 Å². The second kappa shape index (κ2) is 2.47. The van der Waals surface area contributed by atoms with E-state index < -0.39 is 11.4 Å². The van der Waals surface area contributed by atoms with E-state index in [0.717, 1.165) is 19.4 Å². The molecule has 1 N–H and O–H groups in total. The molecular weight excluding hydrogens is 170 g/mol. The summed E-state index contributed by atoms with van der Waals surface area (Å²) in [5.41, 5.74) is -0.603. The molecular formula is C9H13NO3. The first-order valence-electron chi connectivity index (χ1n) is 4.52. The summed E-state index contributed by atoms with van der Waals surface area (Å²) in [6, 6.07) is 0. The zero-order chi connectivity index (χ0) is 9.64. The van der Waals surface area contributed by atoms with Crippen LogP contribution in [0, 0.1) is 11.3 Å². The summed E-state index contributed by atoms with van der Waals surface area (Å²) >= 11 is 0. The zero-order valence-electron chi connectivity index (χ0n) is 7.62. The summed E-state index contributed by atoms with van der Waals surface area (Å²) in [6.07, 6.45) is 1.51. The van der Waals surface area contributed by atoms with Crippen LogP contribution >= 0.6 is 0 Å². The third kappa shape index (κ3) is 1.12. The number of rotatable bonds is 1. The van der Waals surface area contributed by atoms with Crippen molar-refractivity contribution in [2.75, 3.05) is 13.1 Å². The van der Waals surface area contributed by atoms with E-state index in [0.29, 0.717) is 12.5 Å². The maximum atomic E-state index is 11.1. The van der Waals surface area contributed by atoms with Gasteiger partial charge in [0.05, 0.1) is 5.41 Å². The predicted octanol–water partition coefficient (Wildman–Crippen LogP) is 0.329. The van der Waals surface area contributed by atoms with Crippen LogP contribution < -0.4 is 0 Å². The number of hydrogen-bond donors (Lipinski definition) is 1. The highest BCUT2D eigenvalue weighted by Crippen LogP contribution is 2.50. The molecule has 2 saturated heterocycles. The summed E-state index contributed by atoms with van der Waals surface area (Å²) in [6.45, 7) is 2.67. The maximum absolute atomic E-state index is 11.1. The van der Waals surface area contributed by atoms with E-state index in [2.05, 4.69) is 0 Å². The van der Waals surface area contributed by atoms with Gasteiger partial charge in [0.2, 0.25) is 5.91 Å². The number of piperidine rings is 2. The highest BCUT2D eigenvalue weighted by Gasteiger charge is 2.55. The number of carboxylic acids is 1. The average molecular weight is 183 g/mol. The molecule has 13 heavy (non-hydrogen) atoms. The first kappa shape index (κ1) is 8.53. The number of fused-ring (bicyclic) bond motifs is 2. The molecule has 0 unspecified atom stereocenters. The lowest BCUT2D eigenvalue weighted by atomic mass is 9.59. The first-order chi connectivity index (χ1) is 6.03. The van der Waals surface area contributed by atoms with Gasteiger partial charge in [0.1, 0.15) is 0 Å². The van der Waals surface area contributed by atoms with Crippen molar-refractivity contribution in [1.82, 2.24) is 4.90 Å². The maximum Gasteiger partial charge on any atom is 0.311 e. The summed E-state index contributed by atoms with van der Waals surface area (Å²) < 4.78 is 0. The molecule has 4 heteroatoms. The second-order valence-corrected chi connectivity index (χ2v) is 4.26. The molecule has 72 valence electrons. The summed E-state index contributed by atoms with van der Waals surface area (Å²) in [5.74, 6) is -0.321. The van der Waals surface area contributed by atoms with Crippen molar-refractivity contribution >= 4 is 11.9 Å². The van der Waals surface area contributed by atoms with E-state index in [1.807, 2.05) is 0 Å². The first-order valence-corrected chi connectivity index (χ1v) is 4.52. The lowest BCUT2D eigenvalue weighted by Gasteiger charge is -2.53. The van der Waals surface area contributed by atoms with E-state index in [1.165, 1.54) is 6.92 Å². The number of amides is 1. The molecule has 1 amide bonds. The molecule has 0 atom stereocenters. The largest absolute Gasteiger partial charge is 0.481 e. The van der Waals surface area contributed by atoms with Crippen LogP contribution in [0.1, 0.15) is 19.8 Å². The number of aliphatic carboxylic acids is 1. The van der Waals surface area contributed by atoms with E-state index in [1.54, 1.807) is 4.90 Å². The number of carbonyl (C=O) groups excluding carboxylic acids is 1. The van der Waals surface area contributed by atoms with Crippen LogP contribution in [-0.4, -0.2) is 35.0 Å². The van der Waals surface area contributed by atoms with Gasteiger partial charge < -0.3 is 10.0 Å². The molecule has 1 aliphatic carbocycles. The van der Waals surface area contributed by atoms with Crippen LogP contribution in [0.25, 0.3) is 0 Å². The Morgan fingerprint density at radius 3 is 2.54 bits per heavy atom. The van der Waals surface area contributed by atoms with Gasteiger partial charge >= 0.3 is 5.97 Å². The van der Waals surface area contributed by atoms with Crippen LogP contribution in [0.5, 0.6) is 0 Å². The molecule has 1 saturated carbocycles. The van der Waals surface area contributed by atoms with Gasteiger partial charge in [-0.3, -0.25) is 9.59 Å². The third-order valence-corrected chi connectivity index (χ3v) is 3.23. The standard InChI is InChI=1S/C9H13NO3/c1-6(11)10-4-7-2-9(3-7,5-10)8(12)13/h7H,2-5H2,1H3,(H,12,13). The van der Waals surface area contributed by atoms with E-state index in [4.69, 9.17) is 5.11 Å². The summed E-state index contributed by atoms with van der Waals surface area (Å²) in [5, 5.41) is 9.00. The van der Waals surface area contributed by atoms with Crippen LogP contribution in [0.3, 0.4) is 0 Å². The van der Waals surface area contributed by atoms with Crippen molar-refractivity contribution in [2.45, 2.75) is 19.8 Å². The van der Waals surface area contributed by atoms with Crippen molar-refractivity contribution < 1.29 is 14.7 Å². The molecule has 3 aliphatic rings. The molecule has 0 aromatic carbocycles. The quantitative estimate of drug-likeness (QED) is 0.637. The van der Waals surface area contributed by atoms with Gasteiger partial charge in [0.25, 0.3) is 0 Å². The topological polar surface area (TPSA) is 57.6 Å². The minimum absolute atomic E-state index is 0.00461. The van der Waals surface area contributed by atoms with E-state index >= 15 is 0 Å². The molecule has 3 rings (SSSR count). The van der Waals surface area contributed by atoms with Crippen LogP contribution in [0.15, 0.2) is 0 Å². The number of nitrogens with zero attached hydrogens (tertiary/aromatic N) is 1. The molecule has 2 heterocycles. The highest BCUT2D eigenvalue weighted by atomic mass is 16.4. The molecule has 3 fully saturated rings. The Hall–Kier alpha value is -1.06. The summed E-state index contributed by atoms with van der Waals surface area (Å²) in [7, 11) is 0. The van der Waals surface area contributed by atoms with Crippen molar-refractivity contribution in [3.63, 3.8) is 0 Å². The Morgan fingerprint density at radius 1 is 1.46 bits per heavy atom. The third-order valence-electron chi connectivity index (χ3n) is 3.23.